The van der Waals surface area contributed by atoms with Crippen LogP contribution in [0.2, 0.25) is 0 Å². The van der Waals surface area contributed by atoms with Crippen molar-refractivity contribution in [2.24, 2.45) is 11.8 Å². The number of carboxylic acids is 1. The zero-order chi connectivity index (χ0) is 14.5. The lowest BCUT2D eigenvalue weighted by molar-refractivity contribution is -0.138. The van der Waals surface area contributed by atoms with Crippen LogP contribution in [0.15, 0.2) is 0 Å². The Morgan fingerprint density at radius 1 is 1.32 bits per heavy atom. The van der Waals surface area contributed by atoms with Gasteiger partial charge in [0.25, 0.3) is 0 Å². The van der Waals surface area contributed by atoms with Gasteiger partial charge in [0.1, 0.15) is 5.60 Å². The van der Waals surface area contributed by atoms with Gasteiger partial charge in [0, 0.05) is 6.54 Å². The van der Waals surface area contributed by atoms with Crippen molar-refractivity contribution in [3.63, 3.8) is 0 Å². The second-order valence-corrected chi connectivity index (χ2v) is 6.29. The van der Waals surface area contributed by atoms with E-state index in [4.69, 9.17) is 9.84 Å². The number of rotatable bonds is 5. The summed E-state index contributed by atoms with van der Waals surface area (Å²) in [6.07, 6.45) is 4.09. The first-order chi connectivity index (χ1) is 8.78. The van der Waals surface area contributed by atoms with E-state index in [2.05, 4.69) is 5.32 Å². The normalized spacial score (nSPS) is 18.1. The number of aliphatic carboxylic acids is 1. The van der Waals surface area contributed by atoms with Crippen LogP contribution in [0.25, 0.3) is 0 Å². The Kier molecular flexibility index (Phi) is 5.63. The summed E-state index contributed by atoms with van der Waals surface area (Å²) in [5.41, 5.74) is -0.528. The zero-order valence-corrected chi connectivity index (χ0v) is 12.1. The molecule has 110 valence electrons. The molecule has 19 heavy (non-hydrogen) atoms. The minimum Gasteiger partial charge on any atom is -0.481 e. The molecule has 5 heteroatoms. The fourth-order valence-corrected chi connectivity index (χ4v) is 2.59. The summed E-state index contributed by atoms with van der Waals surface area (Å²) >= 11 is 0. The van der Waals surface area contributed by atoms with Crippen LogP contribution in [-0.4, -0.2) is 29.3 Å². The molecule has 0 radical (unpaired) electrons. The molecular formula is C14H25NO4. The lowest BCUT2D eigenvalue weighted by atomic mass is 9.88. The summed E-state index contributed by atoms with van der Waals surface area (Å²) in [7, 11) is 0. The van der Waals surface area contributed by atoms with Crippen molar-refractivity contribution in [1.29, 1.82) is 0 Å². The number of amides is 1. The van der Waals surface area contributed by atoms with Gasteiger partial charge in [0.05, 0.1) is 6.42 Å². The molecule has 1 amide bonds. The Balaban J connectivity index is 2.44. The van der Waals surface area contributed by atoms with Gasteiger partial charge in [-0.2, -0.15) is 0 Å². The van der Waals surface area contributed by atoms with Gasteiger partial charge in [-0.25, -0.2) is 4.79 Å². The predicted molar refractivity (Wildman–Crippen MR) is 71.9 cm³/mol. The van der Waals surface area contributed by atoms with E-state index in [9.17, 15) is 9.59 Å². The van der Waals surface area contributed by atoms with Gasteiger partial charge in [-0.3, -0.25) is 4.79 Å². The molecule has 1 aliphatic carbocycles. The topological polar surface area (TPSA) is 75.6 Å². The number of alkyl carbamates (subject to hydrolysis) is 1. The number of carboxylic acid groups (broad SMARTS) is 1. The smallest absolute Gasteiger partial charge is 0.407 e. The number of ether oxygens (including phenoxy) is 1. The molecule has 5 nitrogen and oxygen atoms in total. The Morgan fingerprint density at radius 3 is 2.37 bits per heavy atom. The molecule has 0 bridgehead atoms. The van der Waals surface area contributed by atoms with E-state index < -0.39 is 17.7 Å². The molecule has 1 fully saturated rings. The summed E-state index contributed by atoms with van der Waals surface area (Å²) in [5.74, 6) is -0.388. The molecule has 2 N–H and O–H groups in total. The van der Waals surface area contributed by atoms with E-state index in [1.807, 2.05) is 0 Å². The number of hydrogen-bond acceptors (Lipinski definition) is 3. The second kappa shape index (κ2) is 6.78. The maximum Gasteiger partial charge on any atom is 0.407 e. The lowest BCUT2D eigenvalue weighted by Gasteiger charge is -2.24. The van der Waals surface area contributed by atoms with Crippen LogP contribution < -0.4 is 5.32 Å². The van der Waals surface area contributed by atoms with Crippen molar-refractivity contribution in [2.75, 3.05) is 6.54 Å². The van der Waals surface area contributed by atoms with Crippen LogP contribution in [0, 0.1) is 11.8 Å². The fraction of sp³-hybridized carbons (Fsp3) is 0.857. The van der Waals surface area contributed by atoms with E-state index in [0.29, 0.717) is 12.5 Å². The summed E-state index contributed by atoms with van der Waals surface area (Å²) in [5, 5.41) is 11.6. The van der Waals surface area contributed by atoms with Crippen LogP contribution >= 0.6 is 0 Å². The molecule has 0 aliphatic heterocycles. The fourth-order valence-electron chi connectivity index (χ4n) is 2.59. The predicted octanol–water partition coefficient (Wildman–Crippen LogP) is 2.79. The van der Waals surface area contributed by atoms with Gasteiger partial charge in [-0.05, 0) is 32.6 Å². The molecule has 0 unspecified atom stereocenters. The number of hydrogen-bond donors (Lipinski definition) is 2. The first-order valence-electron chi connectivity index (χ1n) is 6.96. The van der Waals surface area contributed by atoms with E-state index >= 15 is 0 Å². The van der Waals surface area contributed by atoms with E-state index in [1.54, 1.807) is 20.8 Å². The summed E-state index contributed by atoms with van der Waals surface area (Å²) < 4.78 is 5.16. The van der Waals surface area contributed by atoms with Gasteiger partial charge in [-0.1, -0.05) is 25.7 Å². The summed E-state index contributed by atoms with van der Waals surface area (Å²) in [4.78, 5) is 22.5. The van der Waals surface area contributed by atoms with Crippen molar-refractivity contribution in [2.45, 2.75) is 58.5 Å². The van der Waals surface area contributed by atoms with Crippen LogP contribution in [0.4, 0.5) is 4.79 Å². The van der Waals surface area contributed by atoms with Crippen molar-refractivity contribution < 1.29 is 19.4 Å². The first kappa shape index (κ1) is 15.8. The number of carbonyl (C=O) groups excluding carboxylic acids is 1. The molecule has 0 aromatic carbocycles. The molecule has 1 rings (SSSR count). The number of nitrogens with one attached hydrogen (secondary N) is 1. The highest BCUT2D eigenvalue weighted by Crippen LogP contribution is 2.32. The summed E-state index contributed by atoms with van der Waals surface area (Å²) in [6.45, 7) is 5.79. The van der Waals surface area contributed by atoms with Gasteiger partial charge < -0.3 is 15.2 Å². The third-order valence-electron chi connectivity index (χ3n) is 3.41. The van der Waals surface area contributed by atoms with Crippen molar-refractivity contribution in [1.82, 2.24) is 5.32 Å². The molecule has 1 atom stereocenters. The first-order valence-corrected chi connectivity index (χ1v) is 6.96. The van der Waals surface area contributed by atoms with Crippen molar-refractivity contribution >= 4 is 12.1 Å². The van der Waals surface area contributed by atoms with Crippen LogP contribution in [0.1, 0.15) is 52.9 Å². The third kappa shape index (κ3) is 6.45. The maximum absolute atomic E-state index is 11.6. The Hall–Kier alpha value is -1.26. The van der Waals surface area contributed by atoms with Gasteiger partial charge in [-0.15, -0.1) is 0 Å². The van der Waals surface area contributed by atoms with Crippen molar-refractivity contribution in [3.05, 3.63) is 0 Å². The van der Waals surface area contributed by atoms with Gasteiger partial charge in [0.15, 0.2) is 0 Å². The van der Waals surface area contributed by atoms with Gasteiger partial charge in [0.2, 0.25) is 0 Å². The molecule has 0 aromatic heterocycles. The third-order valence-corrected chi connectivity index (χ3v) is 3.41. The highest BCUT2D eigenvalue weighted by atomic mass is 16.6. The van der Waals surface area contributed by atoms with E-state index in [-0.39, 0.29) is 12.3 Å². The van der Waals surface area contributed by atoms with E-state index in [1.165, 1.54) is 0 Å². The molecule has 0 spiro atoms. The molecular weight excluding hydrogens is 246 g/mol. The van der Waals surface area contributed by atoms with E-state index in [0.717, 1.165) is 25.7 Å². The monoisotopic (exact) mass is 271 g/mol. The minimum atomic E-state index is -0.803. The standard InChI is InChI=1S/C14H25NO4/c1-14(2,3)19-13(18)15-9-11(8-12(16)17)10-6-4-5-7-10/h10-11H,4-9H2,1-3H3,(H,15,18)(H,16,17)/t11-/m1/s1. The Bertz CT molecular complexity index is 316. The average molecular weight is 271 g/mol. The average Bonchev–Trinajstić information content (AvgIpc) is 2.74. The minimum absolute atomic E-state index is 0.00696. The summed E-state index contributed by atoms with van der Waals surface area (Å²) in [6, 6.07) is 0. The molecule has 1 saturated carbocycles. The maximum atomic E-state index is 11.6. The molecule has 0 heterocycles. The molecule has 0 saturated heterocycles. The van der Waals surface area contributed by atoms with Crippen LogP contribution in [0.5, 0.6) is 0 Å². The van der Waals surface area contributed by atoms with Crippen LogP contribution in [0.3, 0.4) is 0 Å². The SMILES string of the molecule is CC(C)(C)OC(=O)NC[C@@H](CC(=O)O)C1CCCC1. The zero-order valence-electron chi connectivity index (χ0n) is 12.1. The molecule has 0 aromatic rings. The quantitative estimate of drug-likeness (QED) is 0.806. The lowest BCUT2D eigenvalue weighted by Crippen LogP contribution is -2.37. The number of carbonyl (C=O) groups is 2. The highest BCUT2D eigenvalue weighted by Gasteiger charge is 2.27. The highest BCUT2D eigenvalue weighted by molar-refractivity contribution is 5.69. The van der Waals surface area contributed by atoms with Crippen LogP contribution in [-0.2, 0) is 9.53 Å². The largest absolute Gasteiger partial charge is 0.481 e. The Labute approximate surface area is 114 Å². The van der Waals surface area contributed by atoms with Crippen molar-refractivity contribution in [3.8, 4) is 0 Å². The molecule has 1 aliphatic rings. The Morgan fingerprint density at radius 2 is 1.89 bits per heavy atom. The second-order valence-electron chi connectivity index (χ2n) is 6.29. The van der Waals surface area contributed by atoms with Gasteiger partial charge >= 0.3 is 12.1 Å².